The Morgan fingerprint density at radius 2 is 2.11 bits per heavy atom. The SMILES string of the molecule is CCc1nc(NN)cc(NC2CC(=O)N(C)C2=O)n1. The highest BCUT2D eigenvalue weighted by molar-refractivity contribution is 6.06. The van der Waals surface area contributed by atoms with E-state index in [0.29, 0.717) is 23.9 Å². The monoisotopic (exact) mass is 264 g/mol. The predicted octanol–water partition coefficient (Wildman–Crippen LogP) is -0.506. The molecule has 4 N–H and O–H groups in total. The third-order valence-electron chi connectivity index (χ3n) is 2.94. The van der Waals surface area contributed by atoms with E-state index < -0.39 is 6.04 Å². The first kappa shape index (κ1) is 13.2. The van der Waals surface area contributed by atoms with Crippen molar-refractivity contribution in [1.29, 1.82) is 0 Å². The molecule has 1 aromatic heterocycles. The van der Waals surface area contributed by atoms with Gasteiger partial charge in [0.15, 0.2) is 0 Å². The molecular weight excluding hydrogens is 248 g/mol. The number of hydrogen-bond acceptors (Lipinski definition) is 7. The maximum absolute atomic E-state index is 11.8. The molecule has 0 bridgehead atoms. The van der Waals surface area contributed by atoms with Gasteiger partial charge in [-0.25, -0.2) is 15.8 Å². The average Bonchev–Trinajstić information content (AvgIpc) is 2.65. The lowest BCUT2D eigenvalue weighted by Crippen LogP contribution is -2.32. The van der Waals surface area contributed by atoms with Crippen LogP contribution in [-0.2, 0) is 16.0 Å². The Morgan fingerprint density at radius 3 is 2.63 bits per heavy atom. The number of carbonyl (C=O) groups excluding carboxylic acids is 2. The molecule has 2 heterocycles. The second-order valence-electron chi connectivity index (χ2n) is 4.24. The number of anilines is 2. The van der Waals surface area contributed by atoms with Gasteiger partial charge in [0.25, 0.3) is 5.91 Å². The molecule has 0 aromatic carbocycles. The number of amides is 2. The Kier molecular flexibility index (Phi) is 3.61. The van der Waals surface area contributed by atoms with Gasteiger partial charge in [-0.1, -0.05) is 6.92 Å². The van der Waals surface area contributed by atoms with Crippen LogP contribution >= 0.6 is 0 Å². The lowest BCUT2D eigenvalue weighted by Gasteiger charge is -2.13. The molecule has 0 radical (unpaired) electrons. The molecule has 1 aliphatic rings. The van der Waals surface area contributed by atoms with E-state index in [1.54, 1.807) is 6.07 Å². The van der Waals surface area contributed by atoms with E-state index in [9.17, 15) is 9.59 Å². The molecule has 0 saturated carbocycles. The minimum atomic E-state index is -0.581. The van der Waals surface area contributed by atoms with Gasteiger partial charge in [0, 0.05) is 19.5 Å². The minimum Gasteiger partial charge on any atom is -0.358 e. The van der Waals surface area contributed by atoms with Gasteiger partial charge in [0.05, 0.1) is 6.42 Å². The normalized spacial score (nSPS) is 18.9. The number of rotatable bonds is 4. The van der Waals surface area contributed by atoms with Crippen LogP contribution in [-0.4, -0.2) is 39.8 Å². The number of nitrogens with zero attached hydrogens (tertiary/aromatic N) is 3. The number of nitrogens with two attached hydrogens (primary N) is 1. The standard InChI is InChI=1S/C11H16N6O2/c1-3-7-14-8(5-9(15-7)16-12)13-6-4-10(18)17(2)11(6)19/h5-6H,3-4,12H2,1-2H3,(H2,13,14,15,16). The van der Waals surface area contributed by atoms with Gasteiger partial charge in [0.1, 0.15) is 23.5 Å². The molecule has 8 nitrogen and oxygen atoms in total. The molecule has 102 valence electrons. The van der Waals surface area contributed by atoms with E-state index in [1.807, 2.05) is 6.92 Å². The van der Waals surface area contributed by atoms with E-state index in [4.69, 9.17) is 5.84 Å². The molecule has 19 heavy (non-hydrogen) atoms. The van der Waals surface area contributed by atoms with Crippen LogP contribution in [0.15, 0.2) is 6.07 Å². The summed E-state index contributed by atoms with van der Waals surface area (Å²) in [5.41, 5.74) is 2.44. The van der Waals surface area contributed by atoms with E-state index >= 15 is 0 Å². The van der Waals surface area contributed by atoms with Gasteiger partial charge < -0.3 is 10.7 Å². The van der Waals surface area contributed by atoms with Crippen LogP contribution in [0.5, 0.6) is 0 Å². The number of likely N-dealkylation sites (tertiary alicyclic amines) is 1. The number of nitrogens with one attached hydrogen (secondary N) is 2. The van der Waals surface area contributed by atoms with Crippen molar-refractivity contribution < 1.29 is 9.59 Å². The quantitative estimate of drug-likeness (QED) is 0.381. The summed E-state index contributed by atoms with van der Waals surface area (Å²) in [6, 6.07) is 1.01. The Morgan fingerprint density at radius 1 is 1.42 bits per heavy atom. The summed E-state index contributed by atoms with van der Waals surface area (Å²) in [6.07, 6.45) is 0.772. The summed E-state index contributed by atoms with van der Waals surface area (Å²) < 4.78 is 0. The third-order valence-corrected chi connectivity index (χ3v) is 2.94. The second-order valence-corrected chi connectivity index (χ2v) is 4.24. The first-order chi connectivity index (χ1) is 9.05. The predicted molar refractivity (Wildman–Crippen MR) is 69.0 cm³/mol. The smallest absolute Gasteiger partial charge is 0.251 e. The molecule has 1 saturated heterocycles. The molecule has 0 spiro atoms. The summed E-state index contributed by atoms with van der Waals surface area (Å²) in [5, 5.41) is 2.94. The number of hydrazine groups is 1. The van der Waals surface area contributed by atoms with E-state index in [-0.39, 0.29) is 18.2 Å². The number of aryl methyl sites for hydroxylation is 1. The molecule has 0 aliphatic carbocycles. The first-order valence-corrected chi connectivity index (χ1v) is 5.96. The summed E-state index contributed by atoms with van der Waals surface area (Å²) in [6.45, 7) is 1.91. The Bertz CT molecular complexity index is 496. The summed E-state index contributed by atoms with van der Waals surface area (Å²) in [5.74, 6) is 6.39. The second kappa shape index (κ2) is 5.19. The number of carbonyl (C=O) groups is 2. The average molecular weight is 264 g/mol. The number of nitrogen functional groups attached to an aromatic ring is 1. The van der Waals surface area contributed by atoms with E-state index in [2.05, 4.69) is 20.7 Å². The van der Waals surface area contributed by atoms with Crippen molar-refractivity contribution in [2.45, 2.75) is 25.8 Å². The number of hydrogen-bond donors (Lipinski definition) is 3. The molecule has 8 heteroatoms. The molecular formula is C11H16N6O2. The fourth-order valence-electron chi connectivity index (χ4n) is 1.85. The minimum absolute atomic E-state index is 0.131. The van der Waals surface area contributed by atoms with Gasteiger partial charge >= 0.3 is 0 Å². The summed E-state index contributed by atoms with van der Waals surface area (Å²) in [7, 11) is 1.47. The molecule has 1 aromatic rings. The molecule has 2 amide bonds. The largest absolute Gasteiger partial charge is 0.358 e. The van der Waals surface area contributed by atoms with E-state index in [1.165, 1.54) is 7.05 Å². The zero-order valence-electron chi connectivity index (χ0n) is 10.8. The van der Waals surface area contributed by atoms with E-state index in [0.717, 1.165) is 4.90 Å². The zero-order valence-corrected chi connectivity index (χ0v) is 10.8. The van der Waals surface area contributed by atoms with Crippen LogP contribution in [0, 0.1) is 0 Å². The van der Waals surface area contributed by atoms with Crippen LogP contribution in [0.4, 0.5) is 11.6 Å². The van der Waals surface area contributed by atoms with Gasteiger partial charge in [-0.15, -0.1) is 0 Å². The van der Waals surface area contributed by atoms with Crippen molar-refractivity contribution in [3.63, 3.8) is 0 Å². The van der Waals surface area contributed by atoms with Crippen molar-refractivity contribution >= 4 is 23.5 Å². The van der Waals surface area contributed by atoms with Gasteiger partial charge in [-0.05, 0) is 0 Å². The van der Waals surface area contributed by atoms with Crippen LogP contribution in [0.25, 0.3) is 0 Å². The first-order valence-electron chi connectivity index (χ1n) is 5.96. The van der Waals surface area contributed by atoms with Crippen LogP contribution in [0.3, 0.4) is 0 Å². The number of imide groups is 1. The summed E-state index contributed by atoms with van der Waals surface area (Å²) in [4.78, 5) is 32.7. The fourth-order valence-corrected chi connectivity index (χ4v) is 1.85. The lowest BCUT2D eigenvalue weighted by atomic mass is 10.2. The van der Waals surface area contributed by atoms with Gasteiger partial charge in [0.2, 0.25) is 5.91 Å². The van der Waals surface area contributed by atoms with Gasteiger partial charge in [-0.2, -0.15) is 0 Å². The zero-order chi connectivity index (χ0) is 14.0. The Hall–Kier alpha value is -2.22. The number of likely N-dealkylation sites (N-methyl/N-ethyl adjacent to an activating group) is 1. The van der Waals surface area contributed by atoms with Gasteiger partial charge in [-0.3, -0.25) is 14.5 Å². The molecule has 1 aliphatic heterocycles. The highest BCUT2D eigenvalue weighted by atomic mass is 16.2. The fraction of sp³-hybridized carbons (Fsp3) is 0.455. The lowest BCUT2D eigenvalue weighted by molar-refractivity contribution is -0.136. The third kappa shape index (κ3) is 2.63. The molecule has 1 fully saturated rings. The molecule has 1 unspecified atom stereocenters. The molecule has 1 atom stereocenters. The highest BCUT2D eigenvalue weighted by Gasteiger charge is 2.36. The van der Waals surface area contributed by atoms with Crippen LogP contribution < -0.4 is 16.6 Å². The van der Waals surface area contributed by atoms with Crippen molar-refractivity contribution in [2.75, 3.05) is 17.8 Å². The van der Waals surface area contributed by atoms with Crippen molar-refractivity contribution in [3.8, 4) is 0 Å². The maximum Gasteiger partial charge on any atom is 0.251 e. The Balaban J connectivity index is 2.19. The highest BCUT2D eigenvalue weighted by Crippen LogP contribution is 2.17. The topological polar surface area (TPSA) is 113 Å². The van der Waals surface area contributed by atoms with Crippen molar-refractivity contribution in [2.24, 2.45) is 5.84 Å². The van der Waals surface area contributed by atoms with Crippen LogP contribution in [0.1, 0.15) is 19.2 Å². The molecule has 2 rings (SSSR count). The Labute approximate surface area is 110 Å². The van der Waals surface area contributed by atoms with Crippen LogP contribution in [0.2, 0.25) is 0 Å². The number of aromatic nitrogens is 2. The van der Waals surface area contributed by atoms with Crippen molar-refractivity contribution in [1.82, 2.24) is 14.9 Å². The summed E-state index contributed by atoms with van der Waals surface area (Å²) >= 11 is 0. The maximum atomic E-state index is 11.8. The van der Waals surface area contributed by atoms with Crippen molar-refractivity contribution in [3.05, 3.63) is 11.9 Å².